The molecule has 1 aliphatic heterocycles. The number of rotatable bonds is 7. The number of aryl methyl sites for hydroxylation is 1. The molecule has 4 rings (SSSR count). The Hall–Kier alpha value is -2.05. The molecular weight excluding hydrogens is 365 g/mol. The van der Waals surface area contributed by atoms with Crippen molar-refractivity contribution in [3.8, 4) is 5.75 Å². The summed E-state index contributed by atoms with van der Waals surface area (Å²) in [5.74, 6) is 2.01. The molecule has 28 heavy (non-hydrogen) atoms. The second-order valence-electron chi connectivity index (χ2n) is 7.94. The SMILES string of the molecule is Cc1ccccc1CN1CC2C(CNCc3cccc(OC(F)(F)F)c3)C2C1. The molecule has 1 saturated carbocycles. The van der Waals surface area contributed by atoms with Crippen molar-refractivity contribution in [1.29, 1.82) is 0 Å². The molecule has 0 spiro atoms. The normalized spacial score (nSPS) is 24.2. The van der Waals surface area contributed by atoms with Crippen LogP contribution in [0.2, 0.25) is 0 Å². The van der Waals surface area contributed by atoms with E-state index in [1.54, 1.807) is 6.07 Å². The van der Waals surface area contributed by atoms with Gasteiger partial charge in [0.05, 0.1) is 0 Å². The third-order valence-electron chi connectivity index (χ3n) is 5.94. The molecule has 1 heterocycles. The van der Waals surface area contributed by atoms with Crippen LogP contribution in [-0.4, -0.2) is 30.9 Å². The summed E-state index contributed by atoms with van der Waals surface area (Å²) < 4.78 is 40.9. The summed E-state index contributed by atoms with van der Waals surface area (Å²) in [6, 6.07) is 14.7. The molecule has 0 radical (unpaired) electrons. The Labute approximate surface area is 163 Å². The molecule has 2 unspecified atom stereocenters. The van der Waals surface area contributed by atoms with Crippen LogP contribution in [0, 0.1) is 24.7 Å². The largest absolute Gasteiger partial charge is 0.573 e. The first-order valence-electron chi connectivity index (χ1n) is 9.71. The van der Waals surface area contributed by atoms with E-state index in [4.69, 9.17) is 0 Å². The Bertz CT molecular complexity index is 811. The fourth-order valence-corrected chi connectivity index (χ4v) is 4.43. The van der Waals surface area contributed by atoms with Gasteiger partial charge in [0.2, 0.25) is 0 Å². The molecule has 3 nitrogen and oxygen atoms in total. The summed E-state index contributed by atoms with van der Waals surface area (Å²) in [5.41, 5.74) is 3.55. The zero-order chi connectivity index (χ0) is 19.7. The van der Waals surface area contributed by atoms with Crippen LogP contribution in [0.5, 0.6) is 5.75 Å². The molecule has 2 fully saturated rings. The molecule has 0 aromatic heterocycles. The highest BCUT2D eigenvalue weighted by molar-refractivity contribution is 5.29. The highest BCUT2D eigenvalue weighted by atomic mass is 19.4. The van der Waals surface area contributed by atoms with E-state index in [1.165, 1.54) is 23.3 Å². The summed E-state index contributed by atoms with van der Waals surface area (Å²) in [6.07, 6.45) is -4.65. The Morgan fingerprint density at radius 1 is 1.07 bits per heavy atom. The molecule has 2 aliphatic rings. The second-order valence-corrected chi connectivity index (χ2v) is 7.94. The van der Waals surface area contributed by atoms with Crippen LogP contribution in [0.25, 0.3) is 0 Å². The van der Waals surface area contributed by atoms with Crippen molar-refractivity contribution in [2.24, 2.45) is 17.8 Å². The van der Waals surface area contributed by atoms with Gasteiger partial charge in [0.15, 0.2) is 0 Å². The van der Waals surface area contributed by atoms with Crippen molar-refractivity contribution in [1.82, 2.24) is 10.2 Å². The number of fused-ring (bicyclic) bond motifs is 1. The first kappa shape index (κ1) is 19.3. The summed E-state index contributed by atoms with van der Waals surface area (Å²) in [7, 11) is 0. The fourth-order valence-electron chi connectivity index (χ4n) is 4.43. The minimum atomic E-state index is -4.65. The topological polar surface area (TPSA) is 24.5 Å². The molecule has 1 saturated heterocycles. The summed E-state index contributed by atoms with van der Waals surface area (Å²) >= 11 is 0. The van der Waals surface area contributed by atoms with Gasteiger partial charge in [-0.25, -0.2) is 0 Å². The minimum absolute atomic E-state index is 0.165. The molecule has 0 bridgehead atoms. The Morgan fingerprint density at radius 3 is 2.54 bits per heavy atom. The zero-order valence-electron chi connectivity index (χ0n) is 15.9. The van der Waals surface area contributed by atoms with Crippen LogP contribution in [0.3, 0.4) is 0 Å². The standard InChI is InChI=1S/C22H25F3N2O/c1-15-5-2-3-7-17(15)12-27-13-20-19(21(20)14-27)11-26-10-16-6-4-8-18(9-16)28-22(23,24)25/h2-9,19-21,26H,10-14H2,1H3. The maximum atomic E-state index is 12.3. The van der Waals surface area contributed by atoms with Crippen LogP contribution < -0.4 is 10.1 Å². The van der Waals surface area contributed by atoms with Gasteiger partial charge < -0.3 is 10.1 Å². The highest BCUT2D eigenvalue weighted by Gasteiger charge is 2.54. The predicted molar refractivity (Wildman–Crippen MR) is 102 cm³/mol. The van der Waals surface area contributed by atoms with Crippen LogP contribution >= 0.6 is 0 Å². The van der Waals surface area contributed by atoms with Crippen molar-refractivity contribution in [3.63, 3.8) is 0 Å². The van der Waals surface area contributed by atoms with E-state index in [2.05, 4.69) is 46.1 Å². The van der Waals surface area contributed by atoms with Gasteiger partial charge in [-0.05, 0) is 60.0 Å². The molecule has 6 heteroatoms. The predicted octanol–water partition coefficient (Wildman–Crippen LogP) is 4.36. The lowest BCUT2D eigenvalue weighted by molar-refractivity contribution is -0.274. The van der Waals surface area contributed by atoms with Crippen LogP contribution in [0.1, 0.15) is 16.7 Å². The van der Waals surface area contributed by atoms with Gasteiger partial charge in [-0.15, -0.1) is 13.2 Å². The molecule has 2 aromatic carbocycles. The minimum Gasteiger partial charge on any atom is -0.406 e. The van der Waals surface area contributed by atoms with Crippen molar-refractivity contribution in [2.75, 3.05) is 19.6 Å². The van der Waals surface area contributed by atoms with E-state index in [0.29, 0.717) is 12.5 Å². The van der Waals surface area contributed by atoms with E-state index in [1.807, 2.05) is 6.07 Å². The quantitative estimate of drug-likeness (QED) is 0.760. The zero-order valence-corrected chi connectivity index (χ0v) is 15.9. The lowest BCUT2D eigenvalue weighted by atomic mass is 10.1. The van der Waals surface area contributed by atoms with Gasteiger partial charge >= 0.3 is 6.36 Å². The molecule has 1 N–H and O–H groups in total. The molecule has 0 amide bonds. The van der Waals surface area contributed by atoms with Gasteiger partial charge in [-0.3, -0.25) is 4.90 Å². The molecule has 2 aromatic rings. The Balaban J connectivity index is 1.20. The maximum absolute atomic E-state index is 12.3. The number of hydrogen-bond donors (Lipinski definition) is 1. The van der Waals surface area contributed by atoms with E-state index >= 15 is 0 Å². The first-order chi connectivity index (χ1) is 13.4. The molecular formula is C22H25F3N2O. The number of nitrogens with one attached hydrogen (secondary N) is 1. The van der Waals surface area contributed by atoms with Crippen molar-refractivity contribution < 1.29 is 17.9 Å². The van der Waals surface area contributed by atoms with Gasteiger partial charge in [0, 0.05) is 26.2 Å². The van der Waals surface area contributed by atoms with Crippen LogP contribution in [-0.2, 0) is 13.1 Å². The van der Waals surface area contributed by atoms with Gasteiger partial charge in [0.1, 0.15) is 5.75 Å². The van der Waals surface area contributed by atoms with E-state index < -0.39 is 6.36 Å². The van der Waals surface area contributed by atoms with Crippen molar-refractivity contribution >= 4 is 0 Å². The summed E-state index contributed by atoms with van der Waals surface area (Å²) in [6.45, 7) is 6.93. The van der Waals surface area contributed by atoms with Gasteiger partial charge in [0.25, 0.3) is 0 Å². The van der Waals surface area contributed by atoms with Gasteiger partial charge in [-0.2, -0.15) is 0 Å². The number of hydrogen-bond acceptors (Lipinski definition) is 3. The van der Waals surface area contributed by atoms with Gasteiger partial charge in [-0.1, -0.05) is 36.4 Å². The fraction of sp³-hybridized carbons (Fsp3) is 0.455. The maximum Gasteiger partial charge on any atom is 0.573 e. The molecule has 1 aliphatic carbocycles. The number of piperidine rings is 1. The van der Waals surface area contributed by atoms with E-state index in [9.17, 15) is 13.2 Å². The van der Waals surface area contributed by atoms with Crippen LogP contribution in [0.15, 0.2) is 48.5 Å². The van der Waals surface area contributed by atoms with E-state index in [0.717, 1.165) is 43.6 Å². The molecule has 2 atom stereocenters. The highest BCUT2D eigenvalue weighted by Crippen LogP contribution is 2.51. The Morgan fingerprint density at radius 2 is 1.82 bits per heavy atom. The number of ether oxygens (including phenoxy) is 1. The lowest BCUT2D eigenvalue weighted by Gasteiger charge is -2.20. The smallest absolute Gasteiger partial charge is 0.406 e. The number of halogens is 3. The summed E-state index contributed by atoms with van der Waals surface area (Å²) in [4.78, 5) is 2.53. The number of alkyl halides is 3. The first-order valence-corrected chi connectivity index (χ1v) is 9.71. The van der Waals surface area contributed by atoms with E-state index in [-0.39, 0.29) is 5.75 Å². The third kappa shape index (κ3) is 4.67. The third-order valence-corrected chi connectivity index (χ3v) is 5.94. The Kier molecular flexibility index (Phi) is 5.34. The number of benzene rings is 2. The van der Waals surface area contributed by atoms with Crippen molar-refractivity contribution in [3.05, 3.63) is 65.2 Å². The van der Waals surface area contributed by atoms with Crippen LogP contribution in [0.4, 0.5) is 13.2 Å². The lowest BCUT2D eigenvalue weighted by Crippen LogP contribution is -2.27. The monoisotopic (exact) mass is 390 g/mol. The van der Waals surface area contributed by atoms with Crippen molar-refractivity contribution in [2.45, 2.75) is 26.4 Å². The summed E-state index contributed by atoms with van der Waals surface area (Å²) in [5, 5.41) is 3.40. The average Bonchev–Trinajstić information content (AvgIpc) is 3.07. The molecule has 150 valence electrons. The average molecular weight is 390 g/mol. The number of nitrogens with zero attached hydrogens (tertiary/aromatic N) is 1. The second kappa shape index (κ2) is 7.76. The number of likely N-dealkylation sites (tertiary alicyclic amines) is 1.